The fourth-order valence-electron chi connectivity index (χ4n) is 2.98. The van der Waals surface area contributed by atoms with Gasteiger partial charge in [-0.2, -0.15) is 0 Å². The van der Waals surface area contributed by atoms with Crippen molar-refractivity contribution in [1.82, 2.24) is 5.32 Å². The van der Waals surface area contributed by atoms with Gasteiger partial charge in [-0.3, -0.25) is 0 Å². The first-order valence-corrected chi connectivity index (χ1v) is 11.7. The molecule has 0 spiro atoms. The minimum atomic E-state index is -3.70. The number of nitrogens with one attached hydrogen (secondary N) is 1. The van der Waals surface area contributed by atoms with Crippen LogP contribution in [0.2, 0.25) is 0 Å². The van der Waals surface area contributed by atoms with Crippen molar-refractivity contribution < 1.29 is 16.8 Å². The Morgan fingerprint density at radius 1 is 1.12 bits per heavy atom. The molecule has 0 aliphatic carbocycles. The van der Waals surface area contributed by atoms with E-state index in [2.05, 4.69) is 5.32 Å². The monoisotopic (exact) mass is 373 g/mol. The molecule has 136 valence electrons. The smallest absolute Gasteiger partial charge is 0.183 e. The number of hydrogen-bond donors (Lipinski definition) is 1. The summed E-state index contributed by atoms with van der Waals surface area (Å²) in [5.74, 6) is -0.117. The van der Waals surface area contributed by atoms with Crippen LogP contribution in [-0.4, -0.2) is 45.7 Å². The molecular formula is C17H27NO4S2. The number of sulfone groups is 2. The third-order valence-corrected chi connectivity index (χ3v) is 8.85. The van der Waals surface area contributed by atoms with Crippen LogP contribution in [0.5, 0.6) is 0 Å². The van der Waals surface area contributed by atoms with E-state index in [1.165, 1.54) is 0 Å². The van der Waals surface area contributed by atoms with E-state index in [-0.39, 0.29) is 22.4 Å². The van der Waals surface area contributed by atoms with E-state index < -0.39 is 31.0 Å². The minimum absolute atomic E-state index is 0.0734. The van der Waals surface area contributed by atoms with Crippen LogP contribution in [0.1, 0.15) is 45.6 Å². The van der Waals surface area contributed by atoms with Crippen molar-refractivity contribution >= 4 is 19.7 Å². The molecule has 2 rings (SSSR count). The predicted molar refractivity (Wildman–Crippen MR) is 96.8 cm³/mol. The molecule has 0 radical (unpaired) electrons. The van der Waals surface area contributed by atoms with Gasteiger partial charge in [-0.1, -0.05) is 32.9 Å². The molecule has 1 aromatic rings. The average Bonchev–Trinajstić information content (AvgIpc) is 2.82. The van der Waals surface area contributed by atoms with Crippen molar-refractivity contribution in [2.45, 2.75) is 62.3 Å². The van der Waals surface area contributed by atoms with E-state index in [4.69, 9.17) is 0 Å². The summed E-state index contributed by atoms with van der Waals surface area (Å²) in [7, 11) is -7.05. The molecule has 1 aliphatic rings. The second-order valence-electron chi connectivity index (χ2n) is 6.97. The van der Waals surface area contributed by atoms with Crippen LogP contribution in [0.3, 0.4) is 0 Å². The highest BCUT2D eigenvalue weighted by Gasteiger charge is 2.45. The van der Waals surface area contributed by atoms with Crippen LogP contribution >= 0.6 is 0 Å². The molecule has 1 N–H and O–H groups in total. The second kappa shape index (κ2) is 7.14. The summed E-state index contributed by atoms with van der Waals surface area (Å²) in [6.45, 7) is 8.00. The highest BCUT2D eigenvalue weighted by atomic mass is 32.2. The summed E-state index contributed by atoms with van der Waals surface area (Å²) >= 11 is 0. The van der Waals surface area contributed by atoms with Gasteiger partial charge in [-0.15, -0.1) is 0 Å². The molecule has 1 heterocycles. The van der Waals surface area contributed by atoms with Gasteiger partial charge in [0.15, 0.2) is 19.7 Å². The predicted octanol–water partition coefficient (Wildman–Crippen LogP) is 2.14. The number of rotatable bonds is 6. The van der Waals surface area contributed by atoms with Crippen LogP contribution in [-0.2, 0) is 19.7 Å². The molecule has 0 bridgehead atoms. The molecule has 0 amide bonds. The van der Waals surface area contributed by atoms with Crippen molar-refractivity contribution in [2.24, 2.45) is 0 Å². The lowest BCUT2D eigenvalue weighted by Gasteiger charge is -2.23. The van der Waals surface area contributed by atoms with Crippen molar-refractivity contribution in [1.29, 1.82) is 0 Å². The molecule has 1 aliphatic heterocycles. The van der Waals surface area contributed by atoms with E-state index in [1.807, 2.05) is 27.7 Å². The normalized spacial score (nSPS) is 25.0. The highest BCUT2D eigenvalue weighted by molar-refractivity contribution is 7.96. The first-order valence-electron chi connectivity index (χ1n) is 8.37. The van der Waals surface area contributed by atoms with Gasteiger partial charge >= 0.3 is 0 Å². The Bertz CT molecular complexity index is 767. The van der Waals surface area contributed by atoms with Crippen LogP contribution in [0, 0.1) is 0 Å². The van der Waals surface area contributed by atoms with Gasteiger partial charge in [0.2, 0.25) is 0 Å². The zero-order valence-corrected chi connectivity index (χ0v) is 16.3. The summed E-state index contributed by atoms with van der Waals surface area (Å²) < 4.78 is 50.0. The summed E-state index contributed by atoms with van der Waals surface area (Å²) in [4.78, 5) is 0.199. The molecule has 1 aromatic carbocycles. The molecule has 24 heavy (non-hydrogen) atoms. The first-order chi connectivity index (χ1) is 11.1. The van der Waals surface area contributed by atoms with Crippen LogP contribution in [0.15, 0.2) is 29.2 Å². The third kappa shape index (κ3) is 4.18. The zero-order valence-electron chi connectivity index (χ0n) is 14.7. The highest BCUT2D eigenvalue weighted by Crippen LogP contribution is 2.27. The van der Waals surface area contributed by atoms with Gasteiger partial charge in [-0.25, -0.2) is 16.8 Å². The number of benzene rings is 1. The first kappa shape index (κ1) is 19.4. The molecule has 1 unspecified atom stereocenters. The van der Waals surface area contributed by atoms with Gasteiger partial charge in [0, 0.05) is 12.1 Å². The lowest BCUT2D eigenvalue weighted by atomic mass is 10.0. The maximum atomic E-state index is 13.0. The fourth-order valence-corrected chi connectivity index (χ4v) is 7.65. The molecule has 1 saturated heterocycles. The van der Waals surface area contributed by atoms with E-state index in [1.54, 1.807) is 24.3 Å². The Labute approximate surface area is 145 Å². The summed E-state index contributed by atoms with van der Waals surface area (Å²) in [6, 6.07) is 6.31. The van der Waals surface area contributed by atoms with E-state index in [9.17, 15) is 16.8 Å². The molecule has 0 aromatic heterocycles. The molecule has 1 fully saturated rings. The lowest BCUT2D eigenvalue weighted by Crippen LogP contribution is -2.46. The van der Waals surface area contributed by atoms with Gasteiger partial charge in [-0.05, 0) is 37.0 Å². The Morgan fingerprint density at radius 2 is 1.71 bits per heavy atom. The van der Waals surface area contributed by atoms with Crippen molar-refractivity contribution in [2.75, 3.05) is 11.5 Å². The molecule has 0 saturated carbocycles. The van der Waals surface area contributed by atoms with E-state index in [0.717, 1.165) is 12.0 Å². The van der Waals surface area contributed by atoms with Crippen molar-refractivity contribution in [3.63, 3.8) is 0 Å². The van der Waals surface area contributed by atoms with Gasteiger partial charge in [0.25, 0.3) is 0 Å². The molecule has 7 heteroatoms. The largest absolute Gasteiger partial charge is 0.309 e. The topological polar surface area (TPSA) is 80.3 Å². The van der Waals surface area contributed by atoms with E-state index >= 15 is 0 Å². The Morgan fingerprint density at radius 3 is 2.21 bits per heavy atom. The quantitative estimate of drug-likeness (QED) is 0.826. The Kier molecular flexibility index (Phi) is 5.77. The van der Waals surface area contributed by atoms with E-state index in [0.29, 0.717) is 5.92 Å². The minimum Gasteiger partial charge on any atom is -0.309 e. The SMILES string of the molecule is CCC(C)N[C@H]1CS(=O)(=O)C[C@@H]1S(=O)(=O)c1ccc(C(C)C)cc1. The van der Waals surface area contributed by atoms with Crippen molar-refractivity contribution in [3.05, 3.63) is 29.8 Å². The fraction of sp³-hybridized carbons (Fsp3) is 0.647. The van der Waals surface area contributed by atoms with Gasteiger partial charge < -0.3 is 5.32 Å². The summed E-state index contributed by atoms with van der Waals surface area (Å²) in [5.41, 5.74) is 1.06. The Balaban J connectivity index is 2.34. The van der Waals surface area contributed by atoms with Crippen LogP contribution < -0.4 is 5.32 Å². The number of hydrogen-bond acceptors (Lipinski definition) is 5. The Hall–Kier alpha value is -0.920. The average molecular weight is 374 g/mol. The summed E-state index contributed by atoms with van der Waals surface area (Å²) in [5, 5.41) is 2.25. The molecular weight excluding hydrogens is 346 g/mol. The van der Waals surface area contributed by atoms with Crippen LogP contribution in [0.4, 0.5) is 0 Å². The maximum Gasteiger partial charge on any atom is 0.183 e. The zero-order chi connectivity index (χ0) is 18.1. The maximum absolute atomic E-state index is 13.0. The molecule has 3 atom stereocenters. The molecule has 5 nitrogen and oxygen atoms in total. The standard InChI is InChI=1S/C17H27NO4S2/c1-5-13(4)18-16-10-23(19,20)11-17(16)24(21,22)15-8-6-14(7-9-15)12(2)3/h6-9,12-13,16-18H,5,10-11H2,1-4H3/t13?,16-,17-/m0/s1. The third-order valence-electron chi connectivity index (χ3n) is 4.69. The van der Waals surface area contributed by atoms with Crippen LogP contribution in [0.25, 0.3) is 0 Å². The lowest BCUT2D eigenvalue weighted by molar-refractivity contribution is 0.456. The van der Waals surface area contributed by atoms with Gasteiger partial charge in [0.1, 0.15) is 0 Å². The van der Waals surface area contributed by atoms with Gasteiger partial charge in [0.05, 0.1) is 21.7 Å². The summed E-state index contributed by atoms with van der Waals surface area (Å²) in [6.07, 6.45) is 0.812. The second-order valence-corrected chi connectivity index (χ2v) is 11.3. The van der Waals surface area contributed by atoms with Crippen molar-refractivity contribution in [3.8, 4) is 0 Å².